The third-order valence-electron chi connectivity index (χ3n) is 4.41. The summed E-state index contributed by atoms with van der Waals surface area (Å²) in [6, 6.07) is 4.85. The van der Waals surface area contributed by atoms with E-state index in [2.05, 4.69) is 32.9 Å². The summed E-state index contributed by atoms with van der Waals surface area (Å²) in [6.45, 7) is 1.71. The Morgan fingerprint density at radius 1 is 1.32 bits per heavy atom. The van der Waals surface area contributed by atoms with Gasteiger partial charge in [-0.1, -0.05) is 0 Å². The van der Waals surface area contributed by atoms with Gasteiger partial charge >= 0.3 is 0 Å². The number of fused-ring (bicyclic) bond motifs is 2. The highest BCUT2D eigenvalue weighted by molar-refractivity contribution is 9.10. The number of pyridine rings is 1. The van der Waals surface area contributed by atoms with E-state index in [1.54, 1.807) is 6.20 Å². The number of hydrogen-bond donors (Lipinski definition) is 0. The molecule has 2 saturated heterocycles. The molecule has 19 heavy (non-hydrogen) atoms. The lowest BCUT2D eigenvalue weighted by Crippen LogP contribution is -2.39. The van der Waals surface area contributed by atoms with Gasteiger partial charge in [0.1, 0.15) is 4.60 Å². The minimum Gasteiger partial charge on any atom is -0.337 e. The van der Waals surface area contributed by atoms with Gasteiger partial charge in [-0.15, -0.1) is 0 Å². The summed E-state index contributed by atoms with van der Waals surface area (Å²) in [4.78, 5) is 21.1. The van der Waals surface area contributed by atoms with Crippen LogP contribution in [0.1, 0.15) is 29.6 Å². The van der Waals surface area contributed by atoms with Crippen LogP contribution in [0.15, 0.2) is 22.9 Å². The van der Waals surface area contributed by atoms with Gasteiger partial charge in [-0.05, 0) is 54.4 Å². The number of halogens is 1. The van der Waals surface area contributed by atoms with Crippen LogP contribution in [0.2, 0.25) is 0 Å². The molecule has 5 heteroatoms. The molecule has 1 amide bonds. The van der Waals surface area contributed by atoms with Crippen LogP contribution in [-0.2, 0) is 0 Å². The molecule has 2 aliphatic rings. The van der Waals surface area contributed by atoms with E-state index < -0.39 is 0 Å². The quantitative estimate of drug-likeness (QED) is 0.743. The number of carbonyl (C=O) groups excluding carboxylic acids is 1. The van der Waals surface area contributed by atoms with Crippen molar-refractivity contribution < 1.29 is 4.79 Å². The Kier molecular flexibility index (Phi) is 3.58. The van der Waals surface area contributed by atoms with Crippen LogP contribution in [0.25, 0.3) is 0 Å². The Morgan fingerprint density at radius 3 is 2.84 bits per heavy atom. The summed E-state index contributed by atoms with van der Waals surface area (Å²) >= 11 is 3.29. The summed E-state index contributed by atoms with van der Waals surface area (Å²) in [5.41, 5.74) is 0.684. The van der Waals surface area contributed by atoms with E-state index in [1.807, 2.05) is 17.0 Å². The second kappa shape index (κ2) is 5.21. The third-order valence-corrected chi connectivity index (χ3v) is 4.88. The fraction of sp³-hybridized carbons (Fsp3) is 0.571. The van der Waals surface area contributed by atoms with Crippen LogP contribution in [0, 0.1) is 0 Å². The van der Waals surface area contributed by atoms with Crippen LogP contribution in [-0.4, -0.2) is 52.9 Å². The fourth-order valence-electron chi connectivity index (χ4n) is 3.18. The molecule has 0 saturated carbocycles. The van der Waals surface area contributed by atoms with Gasteiger partial charge in [0, 0.05) is 31.4 Å². The summed E-state index contributed by atoms with van der Waals surface area (Å²) in [5, 5.41) is 0. The number of carbonyl (C=O) groups is 1. The van der Waals surface area contributed by atoms with Crippen LogP contribution < -0.4 is 0 Å². The van der Waals surface area contributed by atoms with Crippen molar-refractivity contribution in [3.8, 4) is 0 Å². The maximum atomic E-state index is 12.5. The van der Waals surface area contributed by atoms with Gasteiger partial charge in [0.05, 0.1) is 5.56 Å². The highest BCUT2D eigenvalue weighted by Gasteiger charge is 2.36. The molecule has 0 N–H and O–H groups in total. The van der Waals surface area contributed by atoms with Gasteiger partial charge in [-0.2, -0.15) is 0 Å². The summed E-state index contributed by atoms with van der Waals surface area (Å²) in [7, 11) is 2.19. The molecule has 2 fully saturated rings. The average Bonchev–Trinajstić information content (AvgIpc) is 2.63. The highest BCUT2D eigenvalue weighted by Crippen LogP contribution is 2.29. The standard InChI is InChI=1S/C14H18BrN3O/c1-17-11-3-4-12(17)9-18(7-6-11)14(19)10-2-5-13(15)16-8-10/h2,5,8,11-12H,3-4,6-7,9H2,1H3. The monoisotopic (exact) mass is 323 g/mol. The first-order valence-electron chi connectivity index (χ1n) is 6.78. The molecule has 0 spiro atoms. The smallest absolute Gasteiger partial charge is 0.255 e. The van der Waals surface area contributed by atoms with Gasteiger partial charge < -0.3 is 4.90 Å². The first-order valence-corrected chi connectivity index (χ1v) is 7.57. The zero-order valence-corrected chi connectivity index (χ0v) is 12.6. The van der Waals surface area contributed by atoms with Crippen LogP contribution in [0.4, 0.5) is 0 Å². The number of rotatable bonds is 1. The Hall–Kier alpha value is -0.940. The molecule has 0 radical (unpaired) electrons. The van der Waals surface area contributed by atoms with E-state index in [4.69, 9.17) is 0 Å². The molecule has 0 aliphatic carbocycles. The number of hydrogen-bond acceptors (Lipinski definition) is 3. The van der Waals surface area contributed by atoms with Gasteiger partial charge in [-0.3, -0.25) is 9.69 Å². The van der Waals surface area contributed by atoms with E-state index >= 15 is 0 Å². The molecule has 2 aliphatic heterocycles. The second-order valence-corrected chi connectivity index (χ2v) is 6.27. The van der Waals surface area contributed by atoms with Crippen LogP contribution in [0.3, 0.4) is 0 Å². The lowest BCUT2D eigenvalue weighted by Gasteiger charge is -2.25. The minimum absolute atomic E-state index is 0.112. The number of nitrogens with zero attached hydrogens (tertiary/aromatic N) is 3. The zero-order chi connectivity index (χ0) is 13.4. The normalized spacial score (nSPS) is 27.4. The molecule has 1 aromatic heterocycles. The van der Waals surface area contributed by atoms with E-state index in [-0.39, 0.29) is 5.91 Å². The van der Waals surface area contributed by atoms with Gasteiger partial charge in [-0.25, -0.2) is 4.98 Å². The van der Waals surface area contributed by atoms with Crippen LogP contribution >= 0.6 is 15.9 Å². The summed E-state index contributed by atoms with van der Waals surface area (Å²) in [5.74, 6) is 0.112. The highest BCUT2D eigenvalue weighted by atomic mass is 79.9. The number of amides is 1. The molecule has 1 aromatic rings. The average molecular weight is 324 g/mol. The first kappa shape index (κ1) is 13.1. The van der Waals surface area contributed by atoms with Crippen molar-refractivity contribution in [1.29, 1.82) is 0 Å². The van der Waals surface area contributed by atoms with Crippen molar-refractivity contribution in [3.63, 3.8) is 0 Å². The van der Waals surface area contributed by atoms with E-state index in [1.165, 1.54) is 12.8 Å². The SMILES string of the molecule is CN1C2CCC1CN(C(=O)c1ccc(Br)nc1)CC2. The zero-order valence-electron chi connectivity index (χ0n) is 11.1. The minimum atomic E-state index is 0.112. The van der Waals surface area contributed by atoms with Crippen molar-refractivity contribution in [3.05, 3.63) is 28.5 Å². The van der Waals surface area contributed by atoms with Crippen molar-refractivity contribution >= 4 is 21.8 Å². The molecule has 4 nitrogen and oxygen atoms in total. The Labute approximate surface area is 121 Å². The number of likely N-dealkylation sites (tertiary alicyclic amines) is 1. The molecule has 0 aromatic carbocycles. The van der Waals surface area contributed by atoms with E-state index in [0.29, 0.717) is 17.6 Å². The molecule has 2 atom stereocenters. The van der Waals surface area contributed by atoms with Gasteiger partial charge in [0.25, 0.3) is 5.91 Å². The van der Waals surface area contributed by atoms with Crippen molar-refractivity contribution in [2.24, 2.45) is 0 Å². The Morgan fingerprint density at radius 2 is 2.11 bits per heavy atom. The van der Waals surface area contributed by atoms with Gasteiger partial charge in [0.2, 0.25) is 0 Å². The molecular formula is C14H18BrN3O. The summed E-state index contributed by atoms with van der Waals surface area (Å²) in [6.07, 6.45) is 5.23. The second-order valence-electron chi connectivity index (χ2n) is 5.46. The van der Waals surface area contributed by atoms with E-state index in [9.17, 15) is 4.79 Å². The lowest BCUT2D eigenvalue weighted by molar-refractivity contribution is 0.0740. The lowest BCUT2D eigenvalue weighted by atomic mass is 10.1. The molecule has 3 rings (SSSR count). The van der Waals surface area contributed by atoms with Crippen molar-refractivity contribution in [2.45, 2.75) is 31.3 Å². The largest absolute Gasteiger partial charge is 0.337 e. The topological polar surface area (TPSA) is 36.4 Å². The Balaban J connectivity index is 1.75. The van der Waals surface area contributed by atoms with Gasteiger partial charge in [0.15, 0.2) is 0 Å². The Bertz CT molecular complexity index is 476. The molecule has 3 heterocycles. The predicted molar refractivity (Wildman–Crippen MR) is 77.0 cm³/mol. The van der Waals surface area contributed by atoms with Crippen LogP contribution in [0.5, 0.6) is 0 Å². The molecule has 2 bridgehead atoms. The number of likely N-dealkylation sites (N-methyl/N-ethyl adjacent to an activating group) is 1. The molecular weight excluding hydrogens is 306 g/mol. The molecule has 2 unspecified atom stereocenters. The fourth-order valence-corrected chi connectivity index (χ4v) is 3.41. The van der Waals surface area contributed by atoms with Crippen molar-refractivity contribution in [2.75, 3.05) is 20.1 Å². The summed E-state index contributed by atoms with van der Waals surface area (Å²) < 4.78 is 0.763. The maximum Gasteiger partial charge on any atom is 0.255 e. The third kappa shape index (κ3) is 2.54. The van der Waals surface area contributed by atoms with Crippen molar-refractivity contribution in [1.82, 2.24) is 14.8 Å². The molecule has 102 valence electrons. The van der Waals surface area contributed by atoms with E-state index in [0.717, 1.165) is 24.1 Å². The predicted octanol–water partition coefficient (Wildman–Crippen LogP) is 2.15. The number of aromatic nitrogens is 1. The first-order chi connectivity index (χ1) is 9.15. The maximum absolute atomic E-state index is 12.5.